The molecule has 6 heteroatoms. The van der Waals surface area contributed by atoms with Gasteiger partial charge in [-0.25, -0.2) is 0 Å². The Hall–Kier alpha value is -3.57. The number of aryl methyl sites for hydroxylation is 2. The fourth-order valence-corrected chi connectivity index (χ4v) is 3.68. The summed E-state index contributed by atoms with van der Waals surface area (Å²) < 4.78 is 2.90. The van der Waals surface area contributed by atoms with Gasteiger partial charge in [-0.3, -0.25) is 18.7 Å². The highest BCUT2D eigenvalue weighted by atomic mass is 35.5. The van der Waals surface area contributed by atoms with Crippen LogP contribution in [0.5, 0.6) is 5.75 Å². The Morgan fingerprint density at radius 2 is 1.53 bits per heavy atom. The smallest absolute Gasteiger partial charge is 0.255 e. The Bertz CT molecular complexity index is 1390. The zero-order chi connectivity index (χ0) is 21.4. The minimum Gasteiger partial charge on any atom is -0.506 e. The standard InChI is InChI=1S/C24H19ClN2O3/c1-15-7-10-23(29)26(13-15)21-9-8-17(11-22(21)28)18-12-24(30)27(14-16(18)2)20-6-4-3-5-19(20)25/h3-14,28H,1-2H3. The molecule has 0 unspecified atom stereocenters. The van der Waals surface area contributed by atoms with Gasteiger partial charge in [-0.1, -0.05) is 35.9 Å². The maximum Gasteiger partial charge on any atom is 0.255 e. The molecule has 2 heterocycles. The summed E-state index contributed by atoms with van der Waals surface area (Å²) in [5, 5.41) is 11.1. The average Bonchev–Trinajstić information content (AvgIpc) is 2.72. The molecule has 0 saturated carbocycles. The van der Waals surface area contributed by atoms with Crippen LogP contribution < -0.4 is 11.1 Å². The van der Waals surface area contributed by atoms with Crippen LogP contribution in [0.3, 0.4) is 0 Å². The molecule has 0 fully saturated rings. The Morgan fingerprint density at radius 3 is 2.27 bits per heavy atom. The normalized spacial score (nSPS) is 10.9. The number of rotatable bonds is 3. The molecule has 4 aromatic rings. The molecule has 0 radical (unpaired) electrons. The summed E-state index contributed by atoms with van der Waals surface area (Å²) in [5.74, 6) is -0.0464. The second-order valence-electron chi connectivity index (χ2n) is 7.15. The van der Waals surface area contributed by atoms with Gasteiger partial charge in [0.05, 0.1) is 16.4 Å². The molecule has 4 rings (SSSR count). The average molecular weight is 419 g/mol. The van der Waals surface area contributed by atoms with E-state index in [9.17, 15) is 14.7 Å². The summed E-state index contributed by atoms with van der Waals surface area (Å²) in [7, 11) is 0. The topological polar surface area (TPSA) is 64.2 Å². The molecule has 0 spiro atoms. The van der Waals surface area contributed by atoms with Crippen molar-refractivity contribution >= 4 is 11.6 Å². The van der Waals surface area contributed by atoms with E-state index in [2.05, 4.69) is 0 Å². The van der Waals surface area contributed by atoms with Crippen LogP contribution in [0.15, 0.2) is 82.6 Å². The summed E-state index contributed by atoms with van der Waals surface area (Å²) in [6, 6.07) is 16.9. The number of halogens is 1. The third kappa shape index (κ3) is 3.55. The first kappa shape index (κ1) is 19.7. The van der Waals surface area contributed by atoms with E-state index >= 15 is 0 Å². The molecule has 5 nitrogen and oxygen atoms in total. The lowest BCUT2D eigenvalue weighted by Gasteiger charge is -2.14. The molecular weight excluding hydrogens is 400 g/mol. The number of phenolic OH excluding ortho intramolecular Hbond substituents is 1. The first-order valence-electron chi connectivity index (χ1n) is 9.36. The molecule has 2 aromatic carbocycles. The van der Waals surface area contributed by atoms with Crippen LogP contribution in [0.25, 0.3) is 22.5 Å². The molecule has 0 atom stereocenters. The van der Waals surface area contributed by atoms with Gasteiger partial charge in [0.15, 0.2) is 0 Å². The number of hydrogen-bond acceptors (Lipinski definition) is 3. The van der Waals surface area contributed by atoms with E-state index in [0.717, 1.165) is 11.1 Å². The van der Waals surface area contributed by atoms with Crippen molar-refractivity contribution in [3.63, 3.8) is 0 Å². The zero-order valence-corrected chi connectivity index (χ0v) is 17.2. The lowest BCUT2D eigenvalue weighted by Crippen LogP contribution is -2.18. The Kier molecular flexibility index (Phi) is 5.06. The molecule has 150 valence electrons. The molecule has 1 N–H and O–H groups in total. The number of aromatic nitrogens is 2. The molecule has 2 aromatic heterocycles. The number of hydrogen-bond donors (Lipinski definition) is 1. The van der Waals surface area contributed by atoms with Crippen molar-refractivity contribution in [2.75, 3.05) is 0 Å². The lowest BCUT2D eigenvalue weighted by atomic mass is 10.0. The minimum absolute atomic E-state index is 0.0464. The number of para-hydroxylation sites is 1. The van der Waals surface area contributed by atoms with Crippen LogP contribution >= 0.6 is 11.6 Å². The number of aromatic hydroxyl groups is 1. The van der Waals surface area contributed by atoms with Crippen LogP contribution in [0.1, 0.15) is 11.1 Å². The summed E-state index contributed by atoms with van der Waals surface area (Å²) in [5.41, 5.74) is 3.64. The van der Waals surface area contributed by atoms with Gasteiger partial charge in [0.25, 0.3) is 11.1 Å². The van der Waals surface area contributed by atoms with E-state index in [1.807, 2.05) is 26.0 Å². The van der Waals surface area contributed by atoms with Gasteiger partial charge in [0.1, 0.15) is 5.75 Å². The highest BCUT2D eigenvalue weighted by Crippen LogP contribution is 2.30. The van der Waals surface area contributed by atoms with Gasteiger partial charge in [-0.15, -0.1) is 0 Å². The van der Waals surface area contributed by atoms with Gasteiger partial charge in [-0.05, 0) is 60.4 Å². The van der Waals surface area contributed by atoms with Crippen LogP contribution in [0.2, 0.25) is 5.02 Å². The molecule has 0 saturated heterocycles. The molecule has 0 aliphatic rings. The first-order chi connectivity index (χ1) is 14.3. The van der Waals surface area contributed by atoms with Gasteiger partial charge in [0.2, 0.25) is 0 Å². The summed E-state index contributed by atoms with van der Waals surface area (Å²) in [6.07, 6.45) is 3.40. The van der Waals surface area contributed by atoms with Gasteiger partial charge in [-0.2, -0.15) is 0 Å². The highest BCUT2D eigenvalue weighted by Gasteiger charge is 2.12. The van der Waals surface area contributed by atoms with Crippen molar-refractivity contribution in [1.29, 1.82) is 0 Å². The summed E-state index contributed by atoms with van der Waals surface area (Å²) in [4.78, 5) is 24.9. The van der Waals surface area contributed by atoms with Gasteiger partial charge >= 0.3 is 0 Å². The second kappa shape index (κ2) is 7.69. The molecule has 0 bridgehead atoms. The quantitative estimate of drug-likeness (QED) is 0.527. The number of nitrogens with zero attached hydrogens (tertiary/aromatic N) is 2. The van der Waals surface area contributed by atoms with Crippen LogP contribution in [-0.4, -0.2) is 14.2 Å². The fraction of sp³-hybridized carbons (Fsp3) is 0.0833. The second-order valence-corrected chi connectivity index (χ2v) is 7.56. The van der Waals surface area contributed by atoms with E-state index in [-0.39, 0.29) is 16.9 Å². The molecule has 0 aliphatic heterocycles. The third-order valence-corrected chi connectivity index (χ3v) is 5.29. The minimum atomic E-state index is -0.234. The molecular formula is C24H19ClN2O3. The Balaban J connectivity index is 1.80. The fourth-order valence-electron chi connectivity index (χ4n) is 3.46. The van der Waals surface area contributed by atoms with E-state index < -0.39 is 0 Å². The van der Waals surface area contributed by atoms with Crippen molar-refractivity contribution in [2.24, 2.45) is 0 Å². The van der Waals surface area contributed by atoms with Crippen LogP contribution in [0, 0.1) is 13.8 Å². The highest BCUT2D eigenvalue weighted by molar-refractivity contribution is 6.32. The van der Waals surface area contributed by atoms with E-state index in [1.54, 1.807) is 48.8 Å². The van der Waals surface area contributed by atoms with Crippen molar-refractivity contribution in [1.82, 2.24) is 9.13 Å². The van der Waals surface area contributed by atoms with Crippen LogP contribution in [-0.2, 0) is 0 Å². The third-order valence-electron chi connectivity index (χ3n) is 4.97. The molecule has 30 heavy (non-hydrogen) atoms. The predicted octanol–water partition coefficient (Wildman–Crippen LogP) is 4.63. The van der Waals surface area contributed by atoms with Crippen molar-refractivity contribution < 1.29 is 5.11 Å². The Morgan fingerprint density at radius 1 is 0.800 bits per heavy atom. The van der Waals surface area contributed by atoms with E-state index in [4.69, 9.17) is 11.6 Å². The maximum absolute atomic E-state index is 12.8. The van der Waals surface area contributed by atoms with Crippen molar-refractivity contribution in [3.8, 4) is 28.3 Å². The SMILES string of the molecule is Cc1ccc(=O)n(-c2ccc(-c3cc(=O)n(-c4ccccc4Cl)cc3C)cc2O)c1. The maximum atomic E-state index is 12.8. The lowest BCUT2D eigenvalue weighted by molar-refractivity contribution is 0.472. The number of benzene rings is 2. The van der Waals surface area contributed by atoms with E-state index in [0.29, 0.717) is 27.5 Å². The van der Waals surface area contributed by atoms with Gasteiger partial charge in [0, 0.05) is 24.5 Å². The summed E-state index contributed by atoms with van der Waals surface area (Å²) >= 11 is 6.24. The van der Waals surface area contributed by atoms with Crippen LogP contribution in [0.4, 0.5) is 0 Å². The van der Waals surface area contributed by atoms with E-state index in [1.165, 1.54) is 21.3 Å². The zero-order valence-electron chi connectivity index (χ0n) is 16.5. The van der Waals surface area contributed by atoms with Crippen molar-refractivity contribution in [2.45, 2.75) is 13.8 Å². The first-order valence-corrected chi connectivity index (χ1v) is 9.74. The number of phenols is 1. The Labute approximate surface area is 178 Å². The molecule has 0 aliphatic carbocycles. The predicted molar refractivity (Wildman–Crippen MR) is 119 cm³/mol. The molecule has 0 amide bonds. The summed E-state index contributed by atoms with van der Waals surface area (Å²) in [6.45, 7) is 3.76. The van der Waals surface area contributed by atoms with Crippen molar-refractivity contribution in [3.05, 3.63) is 110 Å². The largest absolute Gasteiger partial charge is 0.506 e. The van der Waals surface area contributed by atoms with Gasteiger partial charge < -0.3 is 5.11 Å². The number of pyridine rings is 2. The monoisotopic (exact) mass is 418 g/mol.